The first-order chi connectivity index (χ1) is 13.4. The van der Waals surface area contributed by atoms with Crippen molar-refractivity contribution in [2.75, 3.05) is 6.61 Å². The van der Waals surface area contributed by atoms with Gasteiger partial charge in [-0.25, -0.2) is 0 Å². The number of rotatable bonds is 3. The van der Waals surface area contributed by atoms with Gasteiger partial charge in [0.2, 0.25) is 5.91 Å². The Kier molecular flexibility index (Phi) is 4.81. The minimum absolute atomic E-state index is 0.189. The fraction of sp³-hybridized carbons (Fsp3) is 0.409. The average molecular weight is 389 g/mol. The summed E-state index contributed by atoms with van der Waals surface area (Å²) in [7, 11) is 0. The maximum Gasteiger partial charge on any atom is 0.416 e. The fourth-order valence-corrected chi connectivity index (χ4v) is 4.41. The number of carbonyl (C=O) groups excluding carboxylic acids is 1. The van der Waals surface area contributed by atoms with Crippen molar-refractivity contribution in [2.24, 2.45) is 0 Å². The van der Waals surface area contributed by atoms with E-state index in [1.165, 1.54) is 6.07 Å². The normalized spacial score (nSPS) is 20.9. The van der Waals surface area contributed by atoms with Crippen LogP contribution < -0.4 is 10.1 Å². The molecule has 2 aromatic rings. The van der Waals surface area contributed by atoms with E-state index < -0.39 is 17.2 Å². The first-order valence-corrected chi connectivity index (χ1v) is 9.61. The molecule has 1 N–H and O–H groups in total. The van der Waals surface area contributed by atoms with E-state index in [-0.39, 0.29) is 11.9 Å². The molecule has 6 heteroatoms. The lowest BCUT2D eigenvalue weighted by atomic mass is 9.77. The number of hydrogen-bond donors (Lipinski definition) is 1. The van der Waals surface area contributed by atoms with E-state index in [2.05, 4.69) is 5.32 Å². The van der Waals surface area contributed by atoms with E-state index >= 15 is 0 Å². The highest BCUT2D eigenvalue weighted by molar-refractivity contribution is 5.89. The number of carbonyl (C=O) groups is 1. The Balaban J connectivity index is 1.65. The van der Waals surface area contributed by atoms with Gasteiger partial charge in [0, 0.05) is 12.0 Å². The standard InChI is InChI=1S/C22H22F3NO2/c23-22(24,25)16-7-5-6-15(14-16)21(11-3-4-12-21)20(27)26-18-10-13-28-19-9-2-1-8-17(18)19/h1-2,5-9,14,18H,3-4,10-13H2,(H,26,27)/t18-/m1/s1. The monoisotopic (exact) mass is 389 g/mol. The SMILES string of the molecule is O=C(N[C@@H]1CCOc2ccccc21)C1(c2cccc(C(F)(F)F)c2)CCCC1. The van der Waals surface area contributed by atoms with Gasteiger partial charge in [-0.2, -0.15) is 13.2 Å². The molecule has 0 unspecified atom stereocenters. The van der Waals surface area contributed by atoms with Crippen LogP contribution in [-0.4, -0.2) is 12.5 Å². The number of para-hydroxylation sites is 1. The summed E-state index contributed by atoms with van der Waals surface area (Å²) in [5.41, 5.74) is -0.244. The van der Waals surface area contributed by atoms with Crippen LogP contribution in [0.1, 0.15) is 54.8 Å². The van der Waals surface area contributed by atoms with Crippen molar-refractivity contribution < 1.29 is 22.7 Å². The summed E-state index contributed by atoms with van der Waals surface area (Å²) < 4.78 is 45.3. The number of amides is 1. The van der Waals surface area contributed by atoms with Crippen LogP contribution in [0, 0.1) is 0 Å². The molecule has 3 nitrogen and oxygen atoms in total. The molecule has 0 bridgehead atoms. The summed E-state index contributed by atoms with van der Waals surface area (Å²) in [6.45, 7) is 0.499. The fourth-order valence-electron chi connectivity index (χ4n) is 4.41. The van der Waals surface area contributed by atoms with Crippen molar-refractivity contribution in [2.45, 2.75) is 49.7 Å². The molecule has 0 radical (unpaired) electrons. The molecule has 1 amide bonds. The lowest BCUT2D eigenvalue weighted by Gasteiger charge is -2.33. The number of nitrogens with one attached hydrogen (secondary N) is 1. The predicted octanol–water partition coefficient (Wildman–Crippen LogP) is 5.16. The van der Waals surface area contributed by atoms with Gasteiger partial charge in [-0.1, -0.05) is 49.2 Å². The molecule has 1 fully saturated rings. The van der Waals surface area contributed by atoms with Gasteiger partial charge in [-0.15, -0.1) is 0 Å². The summed E-state index contributed by atoms with van der Waals surface area (Å²) in [4.78, 5) is 13.4. The number of benzene rings is 2. The second kappa shape index (κ2) is 7.15. The third kappa shape index (κ3) is 3.36. The second-order valence-corrected chi connectivity index (χ2v) is 7.57. The highest BCUT2D eigenvalue weighted by Crippen LogP contribution is 2.44. The largest absolute Gasteiger partial charge is 0.493 e. The van der Waals surface area contributed by atoms with Crippen LogP contribution >= 0.6 is 0 Å². The number of hydrogen-bond acceptors (Lipinski definition) is 2. The van der Waals surface area contributed by atoms with Crippen molar-refractivity contribution in [3.8, 4) is 5.75 Å². The molecule has 1 heterocycles. The predicted molar refractivity (Wildman–Crippen MR) is 99.0 cm³/mol. The van der Waals surface area contributed by atoms with Crippen molar-refractivity contribution in [3.63, 3.8) is 0 Å². The van der Waals surface area contributed by atoms with Gasteiger partial charge in [-0.3, -0.25) is 4.79 Å². The zero-order valence-electron chi connectivity index (χ0n) is 15.4. The molecular formula is C22H22F3NO2. The minimum atomic E-state index is -4.42. The summed E-state index contributed by atoms with van der Waals surface area (Å²) in [5, 5.41) is 3.11. The zero-order valence-corrected chi connectivity index (χ0v) is 15.4. The Morgan fingerprint density at radius 2 is 1.82 bits per heavy atom. The van der Waals surface area contributed by atoms with E-state index in [0.29, 0.717) is 31.4 Å². The zero-order chi connectivity index (χ0) is 19.8. The van der Waals surface area contributed by atoms with Gasteiger partial charge in [0.1, 0.15) is 5.75 Å². The number of halogens is 3. The molecule has 2 aromatic carbocycles. The lowest BCUT2D eigenvalue weighted by molar-refractivity contribution is -0.138. The van der Waals surface area contributed by atoms with E-state index in [0.717, 1.165) is 36.3 Å². The third-order valence-electron chi connectivity index (χ3n) is 5.90. The summed E-state index contributed by atoms with van der Waals surface area (Å²) in [5.74, 6) is 0.560. The molecule has 0 saturated heterocycles. The highest BCUT2D eigenvalue weighted by Gasteiger charge is 2.44. The Hall–Kier alpha value is -2.50. The van der Waals surface area contributed by atoms with E-state index in [1.807, 2.05) is 24.3 Å². The van der Waals surface area contributed by atoms with Crippen LogP contribution in [0.15, 0.2) is 48.5 Å². The van der Waals surface area contributed by atoms with Crippen molar-refractivity contribution in [3.05, 3.63) is 65.2 Å². The van der Waals surface area contributed by atoms with Crippen LogP contribution in [0.3, 0.4) is 0 Å². The van der Waals surface area contributed by atoms with E-state index in [9.17, 15) is 18.0 Å². The summed E-state index contributed by atoms with van der Waals surface area (Å²) >= 11 is 0. The van der Waals surface area contributed by atoms with Gasteiger partial charge in [0.05, 0.1) is 23.6 Å². The minimum Gasteiger partial charge on any atom is -0.493 e. The van der Waals surface area contributed by atoms with Gasteiger partial charge < -0.3 is 10.1 Å². The third-order valence-corrected chi connectivity index (χ3v) is 5.90. The first-order valence-electron chi connectivity index (χ1n) is 9.61. The highest BCUT2D eigenvalue weighted by atomic mass is 19.4. The topological polar surface area (TPSA) is 38.3 Å². The Morgan fingerprint density at radius 1 is 1.07 bits per heavy atom. The Bertz CT molecular complexity index is 872. The van der Waals surface area contributed by atoms with Crippen LogP contribution in [-0.2, 0) is 16.4 Å². The van der Waals surface area contributed by atoms with Crippen molar-refractivity contribution >= 4 is 5.91 Å². The van der Waals surface area contributed by atoms with Gasteiger partial charge in [0.25, 0.3) is 0 Å². The maximum atomic E-state index is 13.4. The van der Waals surface area contributed by atoms with Crippen molar-refractivity contribution in [1.29, 1.82) is 0 Å². The average Bonchev–Trinajstić information content (AvgIpc) is 3.19. The molecule has 1 saturated carbocycles. The summed E-state index contributed by atoms with van der Waals surface area (Å²) in [6, 6.07) is 12.6. The van der Waals surface area contributed by atoms with Gasteiger partial charge >= 0.3 is 6.18 Å². The quantitative estimate of drug-likeness (QED) is 0.788. The number of fused-ring (bicyclic) bond motifs is 1. The van der Waals surface area contributed by atoms with Crippen molar-refractivity contribution in [1.82, 2.24) is 5.32 Å². The van der Waals surface area contributed by atoms with Crippen LogP contribution in [0.4, 0.5) is 13.2 Å². The summed E-state index contributed by atoms with van der Waals surface area (Å²) in [6.07, 6.45) is -1.01. The number of alkyl halides is 3. The molecule has 0 aromatic heterocycles. The first kappa shape index (κ1) is 18.8. The molecule has 1 aliphatic heterocycles. The molecule has 2 aliphatic rings. The molecule has 148 valence electrons. The maximum absolute atomic E-state index is 13.4. The second-order valence-electron chi connectivity index (χ2n) is 7.57. The number of ether oxygens (including phenoxy) is 1. The van der Waals surface area contributed by atoms with Gasteiger partial charge in [0.15, 0.2) is 0 Å². The van der Waals surface area contributed by atoms with Crippen LogP contribution in [0.2, 0.25) is 0 Å². The smallest absolute Gasteiger partial charge is 0.416 e. The Morgan fingerprint density at radius 3 is 2.57 bits per heavy atom. The van der Waals surface area contributed by atoms with Crippen LogP contribution in [0.25, 0.3) is 0 Å². The Labute approximate surface area is 161 Å². The lowest BCUT2D eigenvalue weighted by Crippen LogP contribution is -2.45. The molecule has 4 rings (SSSR count). The molecule has 0 spiro atoms. The van der Waals surface area contributed by atoms with E-state index in [4.69, 9.17) is 4.74 Å². The van der Waals surface area contributed by atoms with Gasteiger partial charge in [-0.05, 0) is 30.5 Å². The molecule has 1 aliphatic carbocycles. The molecular weight excluding hydrogens is 367 g/mol. The molecule has 1 atom stereocenters. The van der Waals surface area contributed by atoms with Crippen LogP contribution in [0.5, 0.6) is 5.75 Å². The van der Waals surface area contributed by atoms with E-state index in [1.54, 1.807) is 6.07 Å². The molecule has 28 heavy (non-hydrogen) atoms.